The highest BCUT2D eigenvalue weighted by atomic mass is 15.0. The van der Waals surface area contributed by atoms with Crippen LogP contribution in [0.15, 0.2) is 43.0 Å². The molecule has 17 heavy (non-hydrogen) atoms. The second-order valence-corrected chi connectivity index (χ2v) is 3.78. The first-order valence-corrected chi connectivity index (χ1v) is 5.73. The van der Waals surface area contributed by atoms with Crippen molar-refractivity contribution in [3.63, 3.8) is 0 Å². The maximum Gasteiger partial charge on any atom is 0.0943 e. The van der Waals surface area contributed by atoms with Gasteiger partial charge in [0.05, 0.1) is 6.33 Å². The summed E-state index contributed by atoms with van der Waals surface area (Å²) in [5.41, 5.74) is 7.48. The Labute approximate surface area is 102 Å². The Hall–Kier alpha value is -1.97. The molecule has 0 aliphatic carbocycles. The van der Waals surface area contributed by atoms with Crippen molar-refractivity contribution in [3.05, 3.63) is 43.0 Å². The van der Waals surface area contributed by atoms with E-state index < -0.39 is 0 Å². The lowest BCUT2D eigenvalue weighted by atomic mass is 10.3. The Morgan fingerprint density at radius 3 is 2.41 bits per heavy atom. The number of aryl methyl sites for hydroxylation is 1. The fourth-order valence-corrected chi connectivity index (χ4v) is 1.20. The summed E-state index contributed by atoms with van der Waals surface area (Å²) in [5, 5.41) is 3.27. The second-order valence-electron chi connectivity index (χ2n) is 3.78. The molecule has 4 heteroatoms. The van der Waals surface area contributed by atoms with Crippen LogP contribution in [0.4, 0.5) is 11.4 Å². The Morgan fingerprint density at radius 2 is 2.00 bits per heavy atom. The van der Waals surface area contributed by atoms with Crippen LogP contribution in [0, 0.1) is 0 Å². The Balaban J connectivity index is 0.000000202. The Kier molecular flexibility index (Phi) is 5.64. The normalized spacial score (nSPS) is 9.29. The minimum Gasteiger partial charge on any atom is -0.399 e. The van der Waals surface area contributed by atoms with Gasteiger partial charge < -0.3 is 15.6 Å². The van der Waals surface area contributed by atoms with Gasteiger partial charge in [0.1, 0.15) is 0 Å². The van der Waals surface area contributed by atoms with E-state index in [0.29, 0.717) is 0 Å². The molecule has 0 spiro atoms. The van der Waals surface area contributed by atoms with Crippen molar-refractivity contribution in [2.24, 2.45) is 7.05 Å². The summed E-state index contributed by atoms with van der Waals surface area (Å²) in [7, 11) is 1.94. The zero-order chi connectivity index (χ0) is 12.5. The summed E-state index contributed by atoms with van der Waals surface area (Å²) >= 11 is 0. The lowest BCUT2D eigenvalue weighted by Crippen LogP contribution is -1.99. The van der Waals surface area contributed by atoms with E-state index in [9.17, 15) is 0 Å². The molecule has 4 nitrogen and oxygen atoms in total. The molecular formula is C13H20N4. The molecule has 0 radical (unpaired) electrons. The van der Waals surface area contributed by atoms with Crippen LogP contribution in [-0.2, 0) is 7.05 Å². The summed E-state index contributed by atoms with van der Waals surface area (Å²) in [5.74, 6) is 0. The van der Waals surface area contributed by atoms with Crippen molar-refractivity contribution >= 4 is 11.4 Å². The Morgan fingerprint density at radius 1 is 1.29 bits per heavy atom. The monoisotopic (exact) mass is 232 g/mol. The first kappa shape index (κ1) is 13.1. The molecule has 0 atom stereocenters. The smallest absolute Gasteiger partial charge is 0.0943 e. The fraction of sp³-hybridized carbons (Fsp3) is 0.308. The van der Waals surface area contributed by atoms with Crippen molar-refractivity contribution in [1.29, 1.82) is 0 Å². The molecule has 0 aliphatic heterocycles. The quantitative estimate of drug-likeness (QED) is 0.799. The van der Waals surface area contributed by atoms with Gasteiger partial charge in [-0.05, 0) is 30.7 Å². The van der Waals surface area contributed by atoms with E-state index in [1.165, 1.54) is 0 Å². The number of nitrogens with two attached hydrogens (primary N) is 1. The SMILES string of the molecule is CCCNc1ccc(N)cc1.Cn1ccnc1. The van der Waals surface area contributed by atoms with Crippen LogP contribution in [0.3, 0.4) is 0 Å². The van der Waals surface area contributed by atoms with E-state index in [4.69, 9.17) is 5.73 Å². The third-order valence-electron chi connectivity index (χ3n) is 2.13. The molecule has 0 bridgehead atoms. The molecular weight excluding hydrogens is 212 g/mol. The molecule has 1 heterocycles. The first-order chi connectivity index (χ1) is 8.22. The van der Waals surface area contributed by atoms with Gasteiger partial charge in [-0.3, -0.25) is 0 Å². The zero-order valence-corrected chi connectivity index (χ0v) is 10.4. The molecule has 92 valence electrons. The minimum atomic E-state index is 0.812. The van der Waals surface area contributed by atoms with Gasteiger partial charge in [-0.25, -0.2) is 4.98 Å². The molecule has 0 saturated carbocycles. The second kappa shape index (κ2) is 7.33. The summed E-state index contributed by atoms with van der Waals surface area (Å²) in [6.45, 7) is 3.16. The van der Waals surface area contributed by atoms with Crippen LogP contribution in [0.25, 0.3) is 0 Å². The molecule has 1 aromatic heterocycles. The fourth-order valence-electron chi connectivity index (χ4n) is 1.20. The van der Waals surface area contributed by atoms with Crippen LogP contribution in [0.5, 0.6) is 0 Å². The number of imidazole rings is 1. The van der Waals surface area contributed by atoms with Crippen LogP contribution >= 0.6 is 0 Å². The predicted molar refractivity (Wildman–Crippen MR) is 72.8 cm³/mol. The highest BCUT2D eigenvalue weighted by Crippen LogP contribution is 2.09. The number of benzene rings is 1. The highest BCUT2D eigenvalue weighted by Gasteiger charge is 1.88. The van der Waals surface area contributed by atoms with Crippen LogP contribution < -0.4 is 11.1 Å². The van der Waals surface area contributed by atoms with Gasteiger partial charge >= 0.3 is 0 Å². The molecule has 2 aromatic rings. The standard InChI is InChI=1S/C9H14N2.C4H6N2/c1-2-7-11-9-5-3-8(10)4-6-9;1-6-3-2-5-4-6/h3-6,11H,2,7,10H2,1H3;2-4H,1H3. The molecule has 0 unspecified atom stereocenters. The number of anilines is 2. The van der Waals surface area contributed by atoms with Gasteiger partial charge in [0, 0.05) is 37.4 Å². The molecule has 0 fully saturated rings. The van der Waals surface area contributed by atoms with Crippen molar-refractivity contribution in [1.82, 2.24) is 9.55 Å². The van der Waals surface area contributed by atoms with Crippen LogP contribution in [0.2, 0.25) is 0 Å². The van der Waals surface area contributed by atoms with E-state index >= 15 is 0 Å². The van der Waals surface area contributed by atoms with Crippen molar-refractivity contribution in [2.75, 3.05) is 17.6 Å². The van der Waals surface area contributed by atoms with Crippen molar-refractivity contribution in [2.45, 2.75) is 13.3 Å². The van der Waals surface area contributed by atoms with E-state index in [2.05, 4.69) is 17.2 Å². The van der Waals surface area contributed by atoms with Crippen LogP contribution in [-0.4, -0.2) is 16.1 Å². The zero-order valence-electron chi connectivity index (χ0n) is 10.4. The third kappa shape index (κ3) is 5.61. The van der Waals surface area contributed by atoms with Gasteiger partial charge in [0.15, 0.2) is 0 Å². The van der Waals surface area contributed by atoms with E-state index in [1.807, 2.05) is 42.1 Å². The van der Waals surface area contributed by atoms with Gasteiger partial charge in [0.2, 0.25) is 0 Å². The number of nitrogen functional groups attached to an aromatic ring is 1. The van der Waals surface area contributed by atoms with Gasteiger partial charge in [-0.15, -0.1) is 0 Å². The molecule has 0 amide bonds. The first-order valence-electron chi connectivity index (χ1n) is 5.73. The number of rotatable bonds is 3. The lowest BCUT2D eigenvalue weighted by molar-refractivity contribution is 0.913. The lowest BCUT2D eigenvalue weighted by Gasteiger charge is -2.03. The van der Waals surface area contributed by atoms with Gasteiger partial charge in [-0.2, -0.15) is 0 Å². The number of aromatic nitrogens is 2. The van der Waals surface area contributed by atoms with Crippen molar-refractivity contribution in [3.8, 4) is 0 Å². The third-order valence-corrected chi connectivity index (χ3v) is 2.13. The molecule has 0 saturated heterocycles. The molecule has 0 aliphatic rings. The van der Waals surface area contributed by atoms with E-state index in [-0.39, 0.29) is 0 Å². The predicted octanol–water partition coefficient (Wildman–Crippen LogP) is 2.51. The minimum absolute atomic E-state index is 0.812. The van der Waals surface area contributed by atoms with E-state index in [1.54, 1.807) is 12.5 Å². The van der Waals surface area contributed by atoms with Gasteiger partial charge in [0.25, 0.3) is 0 Å². The maximum absolute atomic E-state index is 5.53. The molecule has 1 aromatic carbocycles. The number of nitrogens with zero attached hydrogens (tertiary/aromatic N) is 2. The highest BCUT2D eigenvalue weighted by molar-refractivity contribution is 5.50. The largest absolute Gasteiger partial charge is 0.399 e. The Bertz CT molecular complexity index is 392. The number of nitrogens with one attached hydrogen (secondary N) is 1. The topological polar surface area (TPSA) is 55.9 Å². The van der Waals surface area contributed by atoms with E-state index in [0.717, 1.165) is 24.3 Å². The van der Waals surface area contributed by atoms with Crippen LogP contribution in [0.1, 0.15) is 13.3 Å². The summed E-state index contributed by atoms with van der Waals surface area (Å²) in [6, 6.07) is 7.78. The number of hydrogen-bond acceptors (Lipinski definition) is 3. The molecule has 3 N–H and O–H groups in total. The maximum atomic E-state index is 5.53. The molecule has 2 rings (SSSR count). The summed E-state index contributed by atoms with van der Waals surface area (Å²) in [4.78, 5) is 3.78. The van der Waals surface area contributed by atoms with Gasteiger partial charge in [-0.1, -0.05) is 6.92 Å². The number of hydrogen-bond donors (Lipinski definition) is 2. The summed E-state index contributed by atoms with van der Waals surface area (Å²) in [6.07, 6.45) is 6.53. The van der Waals surface area contributed by atoms with Crippen molar-refractivity contribution < 1.29 is 0 Å². The average molecular weight is 232 g/mol. The average Bonchev–Trinajstić information content (AvgIpc) is 2.80. The summed E-state index contributed by atoms with van der Waals surface area (Å²) < 4.78 is 1.89.